The Morgan fingerprint density at radius 3 is 1.06 bits per heavy atom. The molecule has 0 saturated carbocycles. The van der Waals surface area contributed by atoms with Crippen molar-refractivity contribution in [2.24, 2.45) is 0 Å². The summed E-state index contributed by atoms with van der Waals surface area (Å²) in [6.45, 7) is -5.30. The van der Waals surface area contributed by atoms with Crippen LogP contribution >= 0.6 is 0 Å². The van der Waals surface area contributed by atoms with Crippen molar-refractivity contribution >= 4 is 10.1 Å². The lowest BCUT2D eigenvalue weighted by atomic mass is 9.90. The highest BCUT2D eigenvalue weighted by Crippen LogP contribution is 2.66. The van der Waals surface area contributed by atoms with Crippen LogP contribution in [-0.2, 0) is 28.5 Å². The van der Waals surface area contributed by atoms with E-state index in [1.165, 1.54) is 4.74 Å². The highest BCUT2D eigenvalue weighted by Gasteiger charge is 2.97. The molecule has 34 heteroatoms. The van der Waals surface area contributed by atoms with Gasteiger partial charge in [-0.3, -0.25) is 8.92 Å². The van der Waals surface area contributed by atoms with Crippen molar-refractivity contribution in [3.63, 3.8) is 0 Å². The van der Waals surface area contributed by atoms with Crippen LogP contribution in [0.4, 0.5) is 119 Å². The Kier molecular flexibility index (Phi) is 14.1. The first-order valence-corrected chi connectivity index (χ1v) is 14.1. The SMILES string of the molecule is CCOCCOC(C(F)(OC(F)(F)C(F)(F)C(F)(F)C(F)(F)C(F)(F)C(F)(F)F)C(F)(F)C(F)(F)C(F)(F)C(F)(F)C(F)(F)C(F)(F)F)S(=O)(=O)OCC. The zero-order valence-electron chi connectivity index (χ0n) is 25.0. The largest absolute Gasteiger partial charge is 0.460 e. The Morgan fingerprint density at radius 2 is 0.741 bits per heavy atom. The Morgan fingerprint density at radius 1 is 0.426 bits per heavy atom. The lowest BCUT2D eigenvalue weighted by Crippen LogP contribution is -2.77. The molecule has 0 aromatic rings. The second-order valence-electron chi connectivity index (χ2n) is 9.73. The molecule has 0 N–H and O–H groups in total. The van der Waals surface area contributed by atoms with Crippen molar-refractivity contribution in [1.29, 1.82) is 0 Å². The predicted molar refractivity (Wildman–Crippen MR) is 113 cm³/mol. The van der Waals surface area contributed by atoms with Crippen molar-refractivity contribution < 1.29 is 145 Å². The van der Waals surface area contributed by atoms with Crippen LogP contribution in [-0.4, -0.2) is 118 Å². The van der Waals surface area contributed by atoms with Crippen molar-refractivity contribution in [2.45, 2.75) is 96.9 Å². The summed E-state index contributed by atoms with van der Waals surface area (Å²) in [6.07, 6.45) is -25.6. The molecule has 0 aliphatic carbocycles. The fraction of sp³-hybridized carbons (Fsp3) is 1.00. The van der Waals surface area contributed by atoms with E-state index in [1.807, 2.05) is 0 Å². The molecule has 0 aliphatic heterocycles. The predicted octanol–water partition coefficient (Wildman–Crippen LogP) is 8.85. The second-order valence-corrected chi connectivity index (χ2v) is 11.4. The van der Waals surface area contributed by atoms with Gasteiger partial charge in [-0.2, -0.15) is 123 Å². The zero-order chi connectivity index (χ0) is 44.2. The molecule has 0 heterocycles. The van der Waals surface area contributed by atoms with Crippen LogP contribution in [0.5, 0.6) is 0 Å². The third-order valence-electron chi connectivity index (χ3n) is 6.09. The summed E-state index contributed by atoms with van der Waals surface area (Å²) in [5.41, 5.74) is -5.91. The molecule has 0 aliphatic rings. The van der Waals surface area contributed by atoms with E-state index in [9.17, 15) is 114 Å². The zero-order valence-corrected chi connectivity index (χ0v) is 25.8. The monoisotopic (exact) mass is 896 g/mol. The van der Waals surface area contributed by atoms with E-state index in [1.54, 1.807) is 0 Å². The van der Waals surface area contributed by atoms with Crippen LogP contribution in [0.2, 0.25) is 0 Å². The van der Waals surface area contributed by atoms with E-state index in [4.69, 9.17) is 0 Å². The van der Waals surface area contributed by atoms with Crippen LogP contribution < -0.4 is 0 Å². The summed E-state index contributed by atoms with van der Waals surface area (Å²) in [4.78, 5) is 0. The van der Waals surface area contributed by atoms with Gasteiger partial charge in [-0.15, -0.1) is 0 Å². The molecule has 54 heavy (non-hydrogen) atoms. The molecule has 0 aromatic heterocycles. The summed E-state index contributed by atoms with van der Waals surface area (Å²) in [5.74, 6) is -91.1. The van der Waals surface area contributed by atoms with Gasteiger partial charge in [0.05, 0.1) is 19.8 Å². The fourth-order valence-electron chi connectivity index (χ4n) is 3.21. The van der Waals surface area contributed by atoms with Gasteiger partial charge in [-0.05, 0) is 13.8 Å². The fourth-order valence-corrected chi connectivity index (χ4v) is 4.49. The van der Waals surface area contributed by atoms with Crippen LogP contribution in [0, 0.1) is 0 Å². The molecule has 6 nitrogen and oxygen atoms in total. The summed E-state index contributed by atoms with van der Waals surface area (Å²) < 4.78 is 408. The summed E-state index contributed by atoms with van der Waals surface area (Å²) in [5, 5.41) is 0. The van der Waals surface area contributed by atoms with Crippen LogP contribution in [0.1, 0.15) is 13.8 Å². The molecule has 2 unspecified atom stereocenters. The number of ether oxygens (including phenoxy) is 3. The van der Waals surface area contributed by atoms with Gasteiger partial charge in [0.1, 0.15) is 0 Å². The van der Waals surface area contributed by atoms with Gasteiger partial charge in [0.2, 0.25) is 5.44 Å². The van der Waals surface area contributed by atoms with Gasteiger partial charge in [0.25, 0.3) is 0 Å². The molecule has 0 rings (SSSR count). The summed E-state index contributed by atoms with van der Waals surface area (Å²) in [7, 11) is -7.45. The van der Waals surface area contributed by atoms with Gasteiger partial charge in [0.15, 0.2) is 0 Å². The molecule has 0 bridgehead atoms. The van der Waals surface area contributed by atoms with Gasteiger partial charge < -0.3 is 9.47 Å². The Balaban J connectivity index is 8.44. The second kappa shape index (κ2) is 14.7. The molecule has 2 atom stereocenters. The van der Waals surface area contributed by atoms with Crippen molar-refractivity contribution in [2.75, 3.05) is 26.4 Å². The van der Waals surface area contributed by atoms with Crippen molar-refractivity contribution in [3.05, 3.63) is 0 Å². The maximum absolute atomic E-state index is 16.0. The first-order valence-electron chi connectivity index (χ1n) is 12.6. The average molecular weight is 896 g/mol. The van der Waals surface area contributed by atoms with E-state index < -0.39 is 120 Å². The first-order chi connectivity index (χ1) is 23.2. The normalized spacial score (nSPS) is 17.8. The van der Waals surface area contributed by atoms with Gasteiger partial charge in [-0.25, -0.2) is 4.39 Å². The quantitative estimate of drug-likeness (QED) is 0.0692. The summed E-state index contributed by atoms with van der Waals surface area (Å²) in [6, 6.07) is 0. The third kappa shape index (κ3) is 7.65. The van der Waals surface area contributed by atoms with Gasteiger partial charge in [-0.1, -0.05) is 0 Å². The maximum atomic E-state index is 16.0. The maximum Gasteiger partial charge on any atom is 0.460 e. The minimum Gasteiger partial charge on any atom is -0.379 e. The van der Waals surface area contributed by atoms with E-state index in [-0.39, 0.29) is 6.92 Å². The molecule has 326 valence electrons. The molecule has 0 spiro atoms. The number of hydrogen-bond acceptors (Lipinski definition) is 6. The molecular formula is C20H15F27O6S. The Labute approximate surface area is 279 Å². The average Bonchev–Trinajstić information content (AvgIpc) is 2.94. The summed E-state index contributed by atoms with van der Waals surface area (Å²) >= 11 is 0. The molecule has 0 saturated heterocycles. The minimum absolute atomic E-state index is 0.225. The van der Waals surface area contributed by atoms with E-state index in [2.05, 4.69) is 13.7 Å². The van der Waals surface area contributed by atoms with Crippen LogP contribution in [0.15, 0.2) is 0 Å². The van der Waals surface area contributed by atoms with E-state index >= 15 is 13.2 Å². The van der Waals surface area contributed by atoms with Crippen LogP contribution in [0.25, 0.3) is 0 Å². The molecular weight excluding hydrogens is 881 g/mol. The number of hydrogen-bond donors (Lipinski definition) is 0. The van der Waals surface area contributed by atoms with Gasteiger partial charge in [0, 0.05) is 6.61 Å². The Bertz CT molecular complexity index is 1390. The molecule has 0 fully saturated rings. The third-order valence-corrected chi connectivity index (χ3v) is 7.62. The smallest absolute Gasteiger partial charge is 0.379 e. The number of rotatable bonds is 20. The molecule has 0 radical (unpaired) electrons. The molecule has 0 aromatic carbocycles. The Hall–Kier alpha value is -2.10. The van der Waals surface area contributed by atoms with E-state index in [0.717, 1.165) is 6.92 Å². The van der Waals surface area contributed by atoms with E-state index in [0.29, 0.717) is 0 Å². The standard InChI is InChI=1S/C20H15F27O6S/c1-3-50-5-6-51-7(54(48,49)52-4-2)8(21,9(22,23)10(24,25)11(26,27)12(28,29)15(34,35)18(40,41)42)53-20(46,47)17(38,39)14(32,33)13(30,31)16(36,37)19(43,44)45/h7H,3-6H2,1-2H3. The topological polar surface area (TPSA) is 71.1 Å². The highest BCUT2D eigenvalue weighted by atomic mass is 32.2. The lowest BCUT2D eigenvalue weighted by Gasteiger charge is -2.46. The van der Waals surface area contributed by atoms with Crippen molar-refractivity contribution in [3.8, 4) is 0 Å². The number of halogens is 27. The van der Waals surface area contributed by atoms with Crippen LogP contribution in [0.3, 0.4) is 0 Å². The lowest BCUT2D eigenvalue weighted by molar-refractivity contribution is -0.514. The first kappa shape index (κ1) is 51.9. The minimum atomic E-state index is -9.50. The highest BCUT2D eigenvalue weighted by molar-refractivity contribution is 7.87. The molecule has 0 amide bonds. The van der Waals surface area contributed by atoms with Gasteiger partial charge >= 0.3 is 87.7 Å². The van der Waals surface area contributed by atoms with Crippen molar-refractivity contribution in [1.82, 2.24) is 0 Å². The number of alkyl halides is 27.